The fourth-order valence-corrected chi connectivity index (χ4v) is 5.78. The fourth-order valence-electron chi connectivity index (χ4n) is 5.78. The van der Waals surface area contributed by atoms with Gasteiger partial charge in [0.05, 0.1) is 19.1 Å². The predicted molar refractivity (Wildman–Crippen MR) is 130 cm³/mol. The van der Waals surface area contributed by atoms with Gasteiger partial charge < -0.3 is 19.7 Å². The lowest BCUT2D eigenvalue weighted by atomic mass is 9.64. The first-order valence-electron chi connectivity index (χ1n) is 12.4. The summed E-state index contributed by atoms with van der Waals surface area (Å²) in [5.41, 5.74) is 4.15. The molecule has 0 aromatic heterocycles. The standard InChI is InChI=1S/C28H42O5/c1-7-22-12-13-23-20(9-8-15-27(22,23)6)10-11-21-17-28(31,18-24(29)19(21)2)32-16-14-25(30)33-26(3,4)5/h10-12,23-24,29,31H,2,7-9,13-18H2,1,3-6H3/t23-,24-,27+,28-/m0/s1. The van der Waals surface area contributed by atoms with Crippen LogP contribution in [0.25, 0.3) is 0 Å². The average Bonchev–Trinajstić information content (AvgIpc) is 3.05. The summed E-state index contributed by atoms with van der Waals surface area (Å²) in [4.78, 5) is 12.0. The molecule has 0 saturated heterocycles. The summed E-state index contributed by atoms with van der Waals surface area (Å²) < 4.78 is 11.0. The van der Waals surface area contributed by atoms with Gasteiger partial charge in [0, 0.05) is 12.8 Å². The van der Waals surface area contributed by atoms with Gasteiger partial charge in [-0.25, -0.2) is 0 Å². The first kappa shape index (κ1) is 25.9. The van der Waals surface area contributed by atoms with Crippen LogP contribution in [-0.2, 0) is 14.3 Å². The monoisotopic (exact) mass is 458 g/mol. The molecule has 0 spiro atoms. The Labute approximate surface area is 199 Å². The summed E-state index contributed by atoms with van der Waals surface area (Å²) in [6.45, 7) is 14.2. The molecule has 184 valence electrons. The maximum Gasteiger partial charge on any atom is 0.308 e. The van der Waals surface area contributed by atoms with Crippen molar-refractivity contribution >= 4 is 5.97 Å². The van der Waals surface area contributed by atoms with Crippen LogP contribution in [0.15, 0.2) is 47.1 Å². The van der Waals surface area contributed by atoms with Gasteiger partial charge in [0.2, 0.25) is 0 Å². The van der Waals surface area contributed by atoms with Gasteiger partial charge in [-0.3, -0.25) is 4.79 Å². The zero-order valence-corrected chi connectivity index (χ0v) is 21.1. The number of hydrogen-bond acceptors (Lipinski definition) is 5. The molecule has 3 aliphatic rings. The van der Waals surface area contributed by atoms with Crippen molar-refractivity contribution in [1.82, 2.24) is 0 Å². The van der Waals surface area contributed by atoms with E-state index in [-0.39, 0.29) is 37.3 Å². The van der Waals surface area contributed by atoms with E-state index in [0.717, 1.165) is 24.8 Å². The Kier molecular flexibility index (Phi) is 7.77. The third-order valence-corrected chi connectivity index (χ3v) is 7.48. The normalized spacial score (nSPS) is 35.0. The number of fused-ring (bicyclic) bond motifs is 1. The number of aliphatic hydroxyl groups is 2. The Morgan fingerprint density at radius 2 is 2.06 bits per heavy atom. The van der Waals surface area contributed by atoms with Crippen molar-refractivity contribution < 1.29 is 24.5 Å². The van der Waals surface area contributed by atoms with E-state index in [9.17, 15) is 15.0 Å². The molecule has 0 heterocycles. The van der Waals surface area contributed by atoms with Crippen molar-refractivity contribution in [1.29, 1.82) is 0 Å². The SMILES string of the molecule is C=C1C(=CC=C2CCC[C@]3(C)C(CC)=CC[C@@H]23)C[C@](O)(OCCC(=O)OC(C)(C)C)C[C@@H]1O. The van der Waals surface area contributed by atoms with Crippen molar-refractivity contribution in [2.24, 2.45) is 11.3 Å². The lowest BCUT2D eigenvalue weighted by molar-refractivity contribution is -0.221. The Balaban J connectivity index is 1.68. The van der Waals surface area contributed by atoms with Crippen LogP contribution < -0.4 is 0 Å². The minimum atomic E-state index is -1.53. The van der Waals surface area contributed by atoms with Gasteiger partial charge in [-0.15, -0.1) is 0 Å². The minimum absolute atomic E-state index is 0.0326. The molecule has 33 heavy (non-hydrogen) atoms. The Morgan fingerprint density at radius 1 is 1.33 bits per heavy atom. The summed E-state index contributed by atoms with van der Waals surface area (Å²) >= 11 is 0. The third kappa shape index (κ3) is 6.06. The molecule has 0 aliphatic heterocycles. The average molecular weight is 459 g/mol. The number of rotatable bonds is 6. The van der Waals surface area contributed by atoms with E-state index in [1.165, 1.54) is 18.4 Å². The molecule has 3 rings (SSSR count). The van der Waals surface area contributed by atoms with Crippen molar-refractivity contribution in [3.05, 3.63) is 47.1 Å². The van der Waals surface area contributed by atoms with Gasteiger partial charge in [0.1, 0.15) is 5.60 Å². The first-order valence-corrected chi connectivity index (χ1v) is 12.4. The molecule has 5 heteroatoms. The lowest BCUT2D eigenvalue weighted by Crippen LogP contribution is -2.42. The third-order valence-electron chi connectivity index (χ3n) is 7.48. The van der Waals surface area contributed by atoms with Crippen molar-refractivity contribution in [2.45, 2.75) is 103 Å². The highest BCUT2D eigenvalue weighted by atomic mass is 16.6. The molecule has 0 amide bonds. The number of allylic oxidation sites excluding steroid dienone is 5. The second-order valence-electron chi connectivity index (χ2n) is 11.1. The molecule has 2 saturated carbocycles. The van der Waals surface area contributed by atoms with Crippen LogP contribution >= 0.6 is 0 Å². The topological polar surface area (TPSA) is 76.0 Å². The van der Waals surface area contributed by atoms with E-state index in [4.69, 9.17) is 9.47 Å². The fraction of sp³-hybridized carbons (Fsp3) is 0.679. The van der Waals surface area contributed by atoms with Gasteiger partial charge in [0.25, 0.3) is 0 Å². The van der Waals surface area contributed by atoms with Crippen LogP contribution in [0, 0.1) is 11.3 Å². The minimum Gasteiger partial charge on any atom is -0.460 e. The van der Waals surface area contributed by atoms with E-state index >= 15 is 0 Å². The Hall–Kier alpha value is -1.69. The molecule has 3 aliphatic carbocycles. The van der Waals surface area contributed by atoms with E-state index in [1.807, 2.05) is 26.8 Å². The maximum absolute atomic E-state index is 12.0. The van der Waals surface area contributed by atoms with Crippen LogP contribution in [0.1, 0.15) is 86.0 Å². The smallest absolute Gasteiger partial charge is 0.308 e. The quantitative estimate of drug-likeness (QED) is 0.311. The second kappa shape index (κ2) is 9.89. The second-order valence-corrected chi connectivity index (χ2v) is 11.1. The number of ether oxygens (including phenoxy) is 2. The molecule has 2 fully saturated rings. The van der Waals surface area contributed by atoms with E-state index in [1.54, 1.807) is 5.57 Å². The van der Waals surface area contributed by atoms with Crippen LogP contribution in [-0.4, -0.2) is 40.3 Å². The van der Waals surface area contributed by atoms with Gasteiger partial charge in [-0.2, -0.15) is 0 Å². The van der Waals surface area contributed by atoms with Crippen LogP contribution in [0.4, 0.5) is 0 Å². The highest BCUT2D eigenvalue weighted by Crippen LogP contribution is 2.55. The highest BCUT2D eigenvalue weighted by Gasteiger charge is 2.44. The van der Waals surface area contributed by atoms with Crippen molar-refractivity contribution in [3.8, 4) is 0 Å². The van der Waals surface area contributed by atoms with Gasteiger partial charge in [-0.05, 0) is 75.4 Å². The first-order chi connectivity index (χ1) is 15.4. The van der Waals surface area contributed by atoms with E-state index in [0.29, 0.717) is 11.5 Å². The molecule has 2 N–H and O–H groups in total. The van der Waals surface area contributed by atoms with Gasteiger partial charge in [-0.1, -0.05) is 49.8 Å². The van der Waals surface area contributed by atoms with Crippen LogP contribution in [0.3, 0.4) is 0 Å². The number of carbonyl (C=O) groups excluding carboxylic acids is 1. The summed E-state index contributed by atoms with van der Waals surface area (Å²) in [5.74, 6) is -1.37. The molecule has 0 bridgehead atoms. The van der Waals surface area contributed by atoms with Gasteiger partial charge >= 0.3 is 5.97 Å². The Bertz CT molecular complexity index is 858. The largest absolute Gasteiger partial charge is 0.460 e. The summed E-state index contributed by atoms with van der Waals surface area (Å²) in [6.07, 6.45) is 11.8. The zero-order valence-electron chi connectivity index (χ0n) is 21.1. The number of hydrogen-bond donors (Lipinski definition) is 2. The summed E-state index contributed by atoms with van der Waals surface area (Å²) in [6, 6.07) is 0. The van der Waals surface area contributed by atoms with Crippen LogP contribution in [0.5, 0.6) is 0 Å². The Morgan fingerprint density at radius 3 is 2.73 bits per heavy atom. The van der Waals surface area contributed by atoms with E-state index < -0.39 is 17.5 Å². The molecule has 0 aromatic carbocycles. The molecule has 0 unspecified atom stereocenters. The molecule has 5 nitrogen and oxygen atoms in total. The van der Waals surface area contributed by atoms with E-state index in [2.05, 4.69) is 32.6 Å². The van der Waals surface area contributed by atoms with Crippen LogP contribution in [0.2, 0.25) is 0 Å². The predicted octanol–water partition coefficient (Wildman–Crippen LogP) is 5.53. The number of carbonyl (C=O) groups is 1. The number of aliphatic hydroxyl groups excluding tert-OH is 1. The molecular weight excluding hydrogens is 416 g/mol. The molecular formula is C28H42O5. The molecule has 0 radical (unpaired) electrons. The van der Waals surface area contributed by atoms with Crippen molar-refractivity contribution in [2.75, 3.05) is 6.61 Å². The van der Waals surface area contributed by atoms with Crippen molar-refractivity contribution in [3.63, 3.8) is 0 Å². The number of esters is 1. The van der Waals surface area contributed by atoms with Gasteiger partial charge in [0.15, 0.2) is 5.79 Å². The summed E-state index contributed by atoms with van der Waals surface area (Å²) in [7, 11) is 0. The molecule has 0 aromatic rings. The lowest BCUT2D eigenvalue weighted by Gasteiger charge is -2.41. The highest BCUT2D eigenvalue weighted by molar-refractivity contribution is 5.69. The molecule has 4 atom stereocenters. The summed E-state index contributed by atoms with van der Waals surface area (Å²) in [5, 5.41) is 21.6. The maximum atomic E-state index is 12.0. The zero-order chi connectivity index (χ0) is 24.4.